The number of aromatic nitrogens is 1. The van der Waals surface area contributed by atoms with E-state index in [1.165, 1.54) is 0 Å². The molecule has 0 amide bonds. The predicted molar refractivity (Wildman–Crippen MR) is 75.6 cm³/mol. The third kappa shape index (κ3) is 1.99. The van der Waals surface area contributed by atoms with Gasteiger partial charge in [0, 0.05) is 11.7 Å². The molecule has 1 aliphatic rings. The number of carboxylic acid groups (broad SMARTS) is 1. The molecule has 1 aromatic heterocycles. The Hall–Kier alpha value is -1.58. The molecule has 1 heterocycles. The van der Waals surface area contributed by atoms with Crippen LogP contribution in [-0.2, 0) is 0 Å². The average Bonchev–Trinajstić information content (AvgIpc) is 2.59. The van der Waals surface area contributed by atoms with Gasteiger partial charge >= 0.3 is 5.97 Å². The minimum Gasteiger partial charge on any atom is -0.478 e. The van der Waals surface area contributed by atoms with Gasteiger partial charge in [0.15, 0.2) is 0 Å². The lowest BCUT2D eigenvalue weighted by atomic mass is 10.0. The van der Waals surface area contributed by atoms with Crippen molar-refractivity contribution in [3.8, 4) is 0 Å². The lowest BCUT2D eigenvalue weighted by Gasteiger charge is -2.14. The summed E-state index contributed by atoms with van der Waals surface area (Å²) in [4.78, 5) is 15.6. The van der Waals surface area contributed by atoms with Crippen LogP contribution in [0.15, 0.2) is 6.07 Å². The first-order chi connectivity index (χ1) is 8.59. The summed E-state index contributed by atoms with van der Waals surface area (Å²) >= 11 is 0. The quantitative estimate of drug-likeness (QED) is 0.877. The summed E-state index contributed by atoms with van der Waals surface area (Å²) in [5, 5.41) is 12.8. The minimum atomic E-state index is -0.927. The molecule has 1 aliphatic carbocycles. The fourth-order valence-corrected chi connectivity index (χ4v) is 2.93. The van der Waals surface area contributed by atoms with Gasteiger partial charge < -0.3 is 10.4 Å². The number of carbonyl (C=O) groups is 1. The topological polar surface area (TPSA) is 62.2 Å². The summed E-state index contributed by atoms with van der Waals surface area (Å²) in [5.41, 5.74) is 2.68. The minimum absolute atomic E-state index is 0.161. The number of nitrogens with zero attached hydrogens (tertiary/aromatic N) is 1. The van der Waals surface area contributed by atoms with Crippen molar-refractivity contribution in [3.63, 3.8) is 0 Å². The summed E-state index contributed by atoms with van der Waals surface area (Å²) in [6, 6.07) is 2.10. The van der Waals surface area contributed by atoms with Gasteiger partial charge in [0.2, 0.25) is 0 Å². The first kappa shape index (κ1) is 13.8. The molecule has 0 radical (unpaired) electrons. The van der Waals surface area contributed by atoms with Gasteiger partial charge in [-0.25, -0.2) is 4.79 Å². The van der Waals surface area contributed by atoms with Crippen molar-refractivity contribution < 1.29 is 9.90 Å². The van der Waals surface area contributed by atoms with E-state index < -0.39 is 5.97 Å². The van der Waals surface area contributed by atoms with Gasteiger partial charge in [-0.1, -0.05) is 27.7 Å². The highest BCUT2D eigenvalue weighted by Gasteiger charge is 2.65. The smallest absolute Gasteiger partial charge is 0.339 e. The molecule has 104 valence electrons. The zero-order valence-corrected chi connectivity index (χ0v) is 12.5. The van der Waals surface area contributed by atoms with Crippen molar-refractivity contribution in [3.05, 3.63) is 23.0 Å². The number of aromatic carboxylic acids is 1. The maximum Gasteiger partial charge on any atom is 0.339 e. The van der Waals surface area contributed by atoms with Crippen LogP contribution >= 0.6 is 0 Å². The largest absolute Gasteiger partial charge is 0.478 e. The molecule has 0 atom stereocenters. The molecular weight excluding hydrogens is 240 g/mol. The zero-order valence-electron chi connectivity index (χ0n) is 12.5. The number of aryl methyl sites for hydroxylation is 2. The Kier molecular flexibility index (Phi) is 2.88. The van der Waals surface area contributed by atoms with E-state index in [-0.39, 0.29) is 22.4 Å². The van der Waals surface area contributed by atoms with Crippen LogP contribution in [0.4, 0.5) is 5.69 Å². The number of pyridine rings is 1. The Morgan fingerprint density at radius 2 is 1.79 bits per heavy atom. The molecule has 2 rings (SSSR count). The Labute approximate surface area is 114 Å². The van der Waals surface area contributed by atoms with Crippen molar-refractivity contribution in [1.82, 2.24) is 4.98 Å². The summed E-state index contributed by atoms with van der Waals surface area (Å²) in [7, 11) is 0. The third-order valence-corrected chi connectivity index (χ3v) is 4.86. The van der Waals surface area contributed by atoms with Crippen LogP contribution in [-0.4, -0.2) is 22.1 Å². The summed E-state index contributed by atoms with van der Waals surface area (Å²) in [6.45, 7) is 12.4. The molecule has 1 fully saturated rings. The highest BCUT2D eigenvalue weighted by molar-refractivity contribution is 5.95. The van der Waals surface area contributed by atoms with Gasteiger partial charge in [0.25, 0.3) is 0 Å². The highest BCUT2D eigenvalue weighted by Crippen LogP contribution is 2.63. The summed E-state index contributed by atoms with van der Waals surface area (Å²) in [5.74, 6) is -0.927. The van der Waals surface area contributed by atoms with E-state index in [4.69, 9.17) is 0 Å². The normalized spacial score (nSPS) is 20.1. The summed E-state index contributed by atoms with van der Waals surface area (Å²) < 4.78 is 0. The van der Waals surface area contributed by atoms with E-state index in [0.29, 0.717) is 11.4 Å². The van der Waals surface area contributed by atoms with Crippen LogP contribution in [0.5, 0.6) is 0 Å². The Balaban J connectivity index is 2.39. The fraction of sp³-hybridized carbons (Fsp3) is 0.600. The van der Waals surface area contributed by atoms with Crippen molar-refractivity contribution in [2.24, 2.45) is 10.8 Å². The van der Waals surface area contributed by atoms with Crippen LogP contribution in [0, 0.1) is 24.7 Å². The standard InChI is InChI=1S/C15H22N2O2/c1-8-7-10(11(12(18)19)9(2)16-8)17-13-14(3,4)15(13,5)6/h7,13H,1-6H3,(H,16,17)(H,18,19). The molecule has 0 aliphatic heterocycles. The maximum atomic E-state index is 11.4. The molecule has 0 saturated heterocycles. The van der Waals surface area contributed by atoms with Crippen LogP contribution in [0.1, 0.15) is 49.4 Å². The number of anilines is 1. The van der Waals surface area contributed by atoms with Crippen molar-refractivity contribution in [2.75, 3.05) is 5.32 Å². The second-order valence-electron chi connectivity index (χ2n) is 6.60. The molecule has 0 unspecified atom stereocenters. The Bertz CT molecular complexity index is 533. The van der Waals surface area contributed by atoms with E-state index in [1.54, 1.807) is 6.92 Å². The first-order valence-corrected chi connectivity index (χ1v) is 6.57. The Morgan fingerprint density at radius 1 is 1.26 bits per heavy atom. The third-order valence-electron chi connectivity index (χ3n) is 4.86. The molecule has 4 nitrogen and oxygen atoms in total. The second-order valence-corrected chi connectivity index (χ2v) is 6.60. The first-order valence-electron chi connectivity index (χ1n) is 6.57. The number of nitrogens with one attached hydrogen (secondary N) is 1. The van der Waals surface area contributed by atoms with E-state index in [9.17, 15) is 9.90 Å². The van der Waals surface area contributed by atoms with Gasteiger partial charge in [0.1, 0.15) is 5.56 Å². The van der Waals surface area contributed by atoms with E-state index in [1.807, 2.05) is 13.0 Å². The van der Waals surface area contributed by atoms with Gasteiger partial charge in [0.05, 0.1) is 11.4 Å². The monoisotopic (exact) mass is 262 g/mol. The predicted octanol–water partition coefficient (Wildman–Crippen LogP) is 3.24. The van der Waals surface area contributed by atoms with Gasteiger partial charge in [-0.15, -0.1) is 0 Å². The highest BCUT2D eigenvalue weighted by atomic mass is 16.4. The molecule has 0 bridgehead atoms. The number of hydrogen-bond donors (Lipinski definition) is 2. The van der Waals surface area contributed by atoms with E-state index in [2.05, 4.69) is 38.0 Å². The van der Waals surface area contributed by atoms with Crippen molar-refractivity contribution >= 4 is 11.7 Å². The van der Waals surface area contributed by atoms with Crippen LogP contribution in [0.2, 0.25) is 0 Å². The van der Waals surface area contributed by atoms with Crippen molar-refractivity contribution in [2.45, 2.75) is 47.6 Å². The zero-order chi connectivity index (χ0) is 14.6. The molecule has 0 aromatic carbocycles. The second kappa shape index (κ2) is 3.95. The maximum absolute atomic E-state index is 11.4. The molecule has 2 N–H and O–H groups in total. The van der Waals surface area contributed by atoms with Gasteiger partial charge in [-0.3, -0.25) is 4.98 Å². The van der Waals surface area contributed by atoms with E-state index in [0.717, 1.165) is 5.69 Å². The van der Waals surface area contributed by atoms with Crippen LogP contribution in [0.3, 0.4) is 0 Å². The molecule has 19 heavy (non-hydrogen) atoms. The molecular formula is C15H22N2O2. The molecule has 1 aromatic rings. The summed E-state index contributed by atoms with van der Waals surface area (Å²) in [6.07, 6.45) is 0. The van der Waals surface area contributed by atoms with Crippen LogP contribution < -0.4 is 5.32 Å². The van der Waals surface area contributed by atoms with Gasteiger partial charge in [-0.05, 0) is 30.7 Å². The average molecular weight is 262 g/mol. The molecule has 0 spiro atoms. The van der Waals surface area contributed by atoms with Crippen molar-refractivity contribution in [1.29, 1.82) is 0 Å². The number of hydrogen-bond acceptors (Lipinski definition) is 3. The number of rotatable bonds is 3. The van der Waals surface area contributed by atoms with E-state index >= 15 is 0 Å². The Morgan fingerprint density at radius 3 is 2.21 bits per heavy atom. The van der Waals surface area contributed by atoms with Crippen LogP contribution in [0.25, 0.3) is 0 Å². The lowest BCUT2D eigenvalue weighted by molar-refractivity contribution is 0.0696. The number of carboxylic acids is 1. The fourth-order valence-electron chi connectivity index (χ4n) is 2.93. The van der Waals surface area contributed by atoms with Gasteiger partial charge in [-0.2, -0.15) is 0 Å². The lowest BCUT2D eigenvalue weighted by Crippen LogP contribution is -2.15. The SMILES string of the molecule is Cc1cc(NC2C(C)(C)C2(C)C)c(C(=O)O)c(C)n1. The molecule has 4 heteroatoms. The molecule has 1 saturated carbocycles.